The molecule has 0 aromatic heterocycles. The number of hydrogen-bond donors (Lipinski definition) is 1. The van der Waals surface area contributed by atoms with Crippen molar-refractivity contribution in [1.82, 2.24) is 0 Å². The minimum absolute atomic E-state index is 0. The molecule has 132 valence electrons. The van der Waals surface area contributed by atoms with E-state index in [0.717, 1.165) is 22.9 Å². The molecule has 2 bridgehead atoms. The van der Waals surface area contributed by atoms with Crippen LogP contribution in [0.1, 0.15) is 24.3 Å². The molecule has 6 heteroatoms. The molecule has 1 N–H and O–H groups in total. The number of likely N-dealkylation sites (N-methyl/N-ethyl adjacent to an activating group) is 1. The van der Waals surface area contributed by atoms with Gasteiger partial charge in [0, 0.05) is 12.8 Å². The van der Waals surface area contributed by atoms with Gasteiger partial charge in [0.05, 0.1) is 20.7 Å². The molecule has 0 saturated carbocycles. The predicted molar refractivity (Wildman–Crippen MR) is 83.7 cm³/mol. The standard InChI is InChI=1S/C18H24NO4.BrH/c1-19(2)14-8-12(9-15(19)17-16(14)23-17)22-18(21)13(10-20)11-6-4-3-5-7-11;/h3-7,12-17,20H,8-10H2,1-2H3;1H/q+1;/p-1. The number of aliphatic hydroxyl groups is 1. The maximum Gasteiger partial charge on any atom is 0.316 e. The first kappa shape index (κ1) is 17.9. The number of nitrogens with zero attached hydrogens (tertiary/aromatic N) is 1. The van der Waals surface area contributed by atoms with Gasteiger partial charge in [0.2, 0.25) is 0 Å². The molecule has 5 atom stereocenters. The molecule has 3 fully saturated rings. The Hall–Kier alpha value is -0.950. The Labute approximate surface area is 152 Å². The first-order valence-electron chi connectivity index (χ1n) is 8.37. The smallest absolute Gasteiger partial charge is 0.316 e. The Bertz CT molecular complexity index is 588. The van der Waals surface area contributed by atoms with E-state index in [2.05, 4.69) is 14.1 Å². The van der Waals surface area contributed by atoms with E-state index in [9.17, 15) is 9.90 Å². The Kier molecular flexibility index (Phi) is 4.77. The fourth-order valence-electron chi connectivity index (χ4n) is 4.55. The average Bonchev–Trinajstić information content (AvgIpc) is 3.27. The molecule has 0 spiro atoms. The van der Waals surface area contributed by atoms with E-state index < -0.39 is 5.92 Å². The Morgan fingerprint density at radius 3 is 2.38 bits per heavy atom. The number of epoxide rings is 1. The lowest BCUT2D eigenvalue weighted by Crippen LogP contribution is -3.00. The number of morpholine rings is 1. The highest BCUT2D eigenvalue weighted by Crippen LogP contribution is 2.51. The quantitative estimate of drug-likeness (QED) is 0.365. The van der Waals surface area contributed by atoms with Gasteiger partial charge in [-0.05, 0) is 5.56 Å². The molecule has 3 heterocycles. The highest BCUT2D eigenvalue weighted by atomic mass is 79.9. The average molecular weight is 398 g/mol. The van der Waals surface area contributed by atoms with Gasteiger partial charge in [-0.1, -0.05) is 30.3 Å². The maximum atomic E-state index is 12.5. The summed E-state index contributed by atoms with van der Waals surface area (Å²) >= 11 is 0. The zero-order valence-corrected chi connectivity index (χ0v) is 15.6. The van der Waals surface area contributed by atoms with Crippen LogP contribution in [0, 0.1) is 0 Å². The summed E-state index contributed by atoms with van der Waals surface area (Å²) in [6.45, 7) is -0.224. The summed E-state index contributed by atoms with van der Waals surface area (Å²) in [7, 11) is 4.51. The summed E-state index contributed by atoms with van der Waals surface area (Å²) in [5.74, 6) is -0.908. The number of fused-ring (bicyclic) bond motifs is 5. The molecule has 1 aromatic rings. The molecule has 5 nitrogen and oxygen atoms in total. The van der Waals surface area contributed by atoms with Crippen LogP contribution in [-0.4, -0.2) is 66.7 Å². The number of carbonyl (C=O) groups is 1. The van der Waals surface area contributed by atoms with Crippen LogP contribution in [0.5, 0.6) is 0 Å². The van der Waals surface area contributed by atoms with Crippen LogP contribution < -0.4 is 17.0 Å². The third-order valence-electron chi connectivity index (χ3n) is 5.99. The number of halogens is 1. The zero-order chi connectivity index (χ0) is 16.2. The first-order valence-corrected chi connectivity index (χ1v) is 8.37. The molecular formula is C18H24BrNO4. The highest BCUT2D eigenvalue weighted by Gasteiger charge is 2.70. The van der Waals surface area contributed by atoms with Gasteiger partial charge in [0.1, 0.15) is 36.3 Å². The molecule has 3 aliphatic rings. The van der Waals surface area contributed by atoms with E-state index in [0.29, 0.717) is 24.3 Å². The van der Waals surface area contributed by atoms with E-state index in [1.54, 1.807) is 0 Å². The van der Waals surface area contributed by atoms with Crippen molar-refractivity contribution in [2.24, 2.45) is 0 Å². The minimum Gasteiger partial charge on any atom is -1.00 e. The number of hydrogen-bond acceptors (Lipinski definition) is 4. The van der Waals surface area contributed by atoms with Gasteiger partial charge >= 0.3 is 5.97 Å². The molecule has 1 aromatic carbocycles. The van der Waals surface area contributed by atoms with Crippen LogP contribution in [0.3, 0.4) is 0 Å². The summed E-state index contributed by atoms with van der Waals surface area (Å²) in [6, 6.07) is 10.2. The molecule has 3 saturated heterocycles. The van der Waals surface area contributed by atoms with Crippen LogP contribution >= 0.6 is 0 Å². The number of ether oxygens (including phenoxy) is 2. The fourth-order valence-corrected chi connectivity index (χ4v) is 4.55. The number of aliphatic hydroxyl groups excluding tert-OH is 1. The van der Waals surface area contributed by atoms with Crippen molar-refractivity contribution in [2.45, 2.75) is 49.2 Å². The SMILES string of the molecule is C[N+]1(C)C2CC(OC(=O)C(CO)c3ccccc3)CC1C1OC12.[Br-]. The van der Waals surface area contributed by atoms with E-state index in [1.807, 2.05) is 30.3 Å². The fraction of sp³-hybridized carbons (Fsp3) is 0.611. The normalized spacial score (nSPS) is 36.2. The number of benzene rings is 1. The van der Waals surface area contributed by atoms with Crippen LogP contribution in [0.15, 0.2) is 30.3 Å². The van der Waals surface area contributed by atoms with E-state index in [1.165, 1.54) is 0 Å². The summed E-state index contributed by atoms with van der Waals surface area (Å²) in [4.78, 5) is 12.5. The molecular weight excluding hydrogens is 374 g/mol. The molecule has 4 rings (SSSR count). The van der Waals surface area contributed by atoms with Gasteiger partial charge in [0.15, 0.2) is 0 Å². The van der Waals surface area contributed by atoms with Crippen molar-refractivity contribution in [3.8, 4) is 0 Å². The lowest BCUT2D eigenvalue weighted by Gasteiger charge is -2.45. The molecule has 0 aliphatic carbocycles. The Morgan fingerprint density at radius 2 is 1.83 bits per heavy atom. The predicted octanol–water partition coefficient (Wildman–Crippen LogP) is -1.93. The summed E-state index contributed by atoms with van der Waals surface area (Å²) in [5, 5.41) is 9.60. The Morgan fingerprint density at radius 1 is 1.25 bits per heavy atom. The largest absolute Gasteiger partial charge is 1.00 e. The molecule has 5 unspecified atom stereocenters. The van der Waals surface area contributed by atoms with Crippen molar-refractivity contribution < 1.29 is 40.8 Å². The van der Waals surface area contributed by atoms with Crippen LogP contribution in [-0.2, 0) is 14.3 Å². The van der Waals surface area contributed by atoms with Gasteiger partial charge in [-0.25, -0.2) is 0 Å². The highest BCUT2D eigenvalue weighted by molar-refractivity contribution is 5.78. The van der Waals surface area contributed by atoms with Crippen LogP contribution in [0.4, 0.5) is 0 Å². The van der Waals surface area contributed by atoms with E-state index in [-0.39, 0.29) is 35.7 Å². The lowest BCUT2D eigenvalue weighted by atomic mass is 9.95. The molecule has 0 radical (unpaired) electrons. The van der Waals surface area contributed by atoms with E-state index >= 15 is 0 Å². The number of quaternary nitrogens is 1. The van der Waals surface area contributed by atoms with Crippen LogP contribution in [0.2, 0.25) is 0 Å². The van der Waals surface area contributed by atoms with Gasteiger partial charge in [-0.2, -0.15) is 0 Å². The molecule has 3 aliphatic heterocycles. The van der Waals surface area contributed by atoms with Crippen molar-refractivity contribution in [1.29, 1.82) is 0 Å². The number of esters is 1. The summed E-state index contributed by atoms with van der Waals surface area (Å²) < 4.78 is 12.5. The van der Waals surface area contributed by atoms with E-state index in [4.69, 9.17) is 9.47 Å². The van der Waals surface area contributed by atoms with Crippen molar-refractivity contribution in [3.05, 3.63) is 35.9 Å². The summed E-state index contributed by atoms with van der Waals surface area (Å²) in [6.07, 6.45) is 2.34. The third-order valence-corrected chi connectivity index (χ3v) is 5.99. The van der Waals surface area contributed by atoms with Gasteiger partial charge in [-0.15, -0.1) is 0 Å². The van der Waals surface area contributed by atoms with Crippen molar-refractivity contribution in [2.75, 3.05) is 20.7 Å². The zero-order valence-electron chi connectivity index (χ0n) is 14.0. The third kappa shape index (κ3) is 2.79. The second-order valence-electron chi connectivity index (χ2n) is 7.51. The van der Waals surface area contributed by atoms with Crippen molar-refractivity contribution in [3.63, 3.8) is 0 Å². The summed E-state index contributed by atoms with van der Waals surface area (Å²) in [5.41, 5.74) is 0.807. The van der Waals surface area contributed by atoms with Gasteiger partial charge < -0.3 is 36.0 Å². The first-order chi connectivity index (χ1) is 11.0. The van der Waals surface area contributed by atoms with Gasteiger partial charge in [0.25, 0.3) is 0 Å². The number of carbonyl (C=O) groups excluding carboxylic acids is 1. The monoisotopic (exact) mass is 397 g/mol. The van der Waals surface area contributed by atoms with Crippen molar-refractivity contribution >= 4 is 5.97 Å². The lowest BCUT2D eigenvalue weighted by molar-refractivity contribution is -0.938. The van der Waals surface area contributed by atoms with Crippen LogP contribution in [0.25, 0.3) is 0 Å². The van der Waals surface area contributed by atoms with Gasteiger partial charge in [-0.3, -0.25) is 4.79 Å². The second kappa shape index (κ2) is 6.41. The molecule has 24 heavy (non-hydrogen) atoms. The second-order valence-corrected chi connectivity index (χ2v) is 7.51. The minimum atomic E-state index is -0.593. The molecule has 0 amide bonds. The maximum absolute atomic E-state index is 12.5. The Balaban J connectivity index is 0.00000169. The number of rotatable bonds is 4. The number of piperidine rings is 1. The topological polar surface area (TPSA) is 59.1 Å².